The molecule has 0 radical (unpaired) electrons. The first kappa shape index (κ1) is 13.9. The maximum atomic E-state index is 11.6. The first-order valence-electron chi connectivity index (χ1n) is 7.38. The average Bonchev–Trinajstić information content (AvgIpc) is 2.99. The first-order valence-corrected chi connectivity index (χ1v) is 7.38. The molecule has 21 heavy (non-hydrogen) atoms. The molecule has 0 saturated carbocycles. The Morgan fingerprint density at radius 3 is 2.62 bits per heavy atom. The van der Waals surface area contributed by atoms with Gasteiger partial charge in [0.2, 0.25) is 5.91 Å². The van der Waals surface area contributed by atoms with Crippen LogP contribution in [-0.2, 0) is 4.79 Å². The Hall–Kier alpha value is -2.06. The van der Waals surface area contributed by atoms with Crippen molar-refractivity contribution in [2.24, 2.45) is 0 Å². The number of likely N-dealkylation sites (N-methyl/N-ethyl adjacent to an activating group) is 1. The van der Waals surface area contributed by atoms with Gasteiger partial charge in [0, 0.05) is 37.9 Å². The third-order valence-electron chi connectivity index (χ3n) is 4.83. The average molecular weight is 284 g/mol. The van der Waals surface area contributed by atoms with E-state index in [2.05, 4.69) is 21.2 Å². The lowest BCUT2D eigenvalue weighted by atomic mass is 9.83. The van der Waals surface area contributed by atoms with Crippen molar-refractivity contribution in [1.82, 2.24) is 10.2 Å². The number of anilines is 1. The van der Waals surface area contributed by atoms with E-state index in [1.807, 2.05) is 24.3 Å². The Morgan fingerprint density at radius 1 is 1.33 bits per heavy atom. The fraction of sp³-hybridized carbons (Fsp3) is 0.500. The molecule has 0 aliphatic carbocycles. The number of carbonyl (C=O) groups excluding carboxylic acids is 1. The first-order chi connectivity index (χ1) is 10.2. The highest BCUT2D eigenvalue weighted by molar-refractivity contribution is 5.78. The number of benzene rings is 1. The van der Waals surface area contributed by atoms with E-state index in [4.69, 9.17) is 5.26 Å². The van der Waals surface area contributed by atoms with E-state index in [1.54, 1.807) is 7.05 Å². The number of rotatable bonds is 3. The molecule has 3 rings (SSSR count). The molecule has 1 aromatic carbocycles. The van der Waals surface area contributed by atoms with Crippen molar-refractivity contribution in [3.63, 3.8) is 0 Å². The van der Waals surface area contributed by atoms with Gasteiger partial charge in [-0.1, -0.05) is 0 Å². The smallest absolute Gasteiger partial charge is 0.233 e. The molecule has 2 saturated heterocycles. The molecule has 1 N–H and O–H groups in total. The molecular formula is C16H20N4O. The second-order valence-corrected chi connectivity index (χ2v) is 5.90. The van der Waals surface area contributed by atoms with E-state index in [0.29, 0.717) is 12.1 Å². The van der Waals surface area contributed by atoms with Gasteiger partial charge in [0.25, 0.3) is 0 Å². The summed E-state index contributed by atoms with van der Waals surface area (Å²) in [6.07, 6.45) is 2.26. The molecule has 1 unspecified atom stereocenters. The van der Waals surface area contributed by atoms with Crippen LogP contribution in [-0.4, -0.2) is 49.6 Å². The van der Waals surface area contributed by atoms with Gasteiger partial charge in [0.05, 0.1) is 18.2 Å². The van der Waals surface area contributed by atoms with Crippen LogP contribution in [0, 0.1) is 11.3 Å². The van der Waals surface area contributed by atoms with Gasteiger partial charge < -0.3 is 10.2 Å². The van der Waals surface area contributed by atoms with Crippen LogP contribution >= 0.6 is 0 Å². The lowest BCUT2D eigenvalue weighted by molar-refractivity contribution is -0.126. The third-order valence-corrected chi connectivity index (χ3v) is 4.83. The standard InChI is InChI=1S/C16H20N4O/c1-18-15(21)11-20-9-7-16(20)6-8-19(12-16)14-4-2-13(10-17)3-5-14/h2-5H,6-9,11-12H2,1H3,(H,18,21). The molecule has 110 valence electrons. The number of hydrogen-bond donors (Lipinski definition) is 1. The predicted octanol–water partition coefficient (Wildman–Crippen LogP) is 0.959. The molecule has 1 aromatic rings. The number of nitrogens with one attached hydrogen (secondary N) is 1. The molecule has 2 aliphatic heterocycles. The maximum Gasteiger partial charge on any atom is 0.233 e. The molecule has 1 amide bonds. The highest BCUT2D eigenvalue weighted by Gasteiger charge is 2.49. The second-order valence-electron chi connectivity index (χ2n) is 5.90. The quantitative estimate of drug-likeness (QED) is 0.898. The number of carbonyl (C=O) groups is 1. The Labute approximate surface area is 125 Å². The fourth-order valence-corrected chi connectivity index (χ4v) is 3.37. The Bertz CT molecular complexity index is 577. The van der Waals surface area contributed by atoms with Crippen LogP contribution in [0.4, 0.5) is 5.69 Å². The monoisotopic (exact) mass is 284 g/mol. The van der Waals surface area contributed by atoms with Crippen molar-refractivity contribution in [3.8, 4) is 6.07 Å². The van der Waals surface area contributed by atoms with Crippen LogP contribution < -0.4 is 10.2 Å². The normalized spacial score (nSPS) is 24.7. The molecule has 1 spiro atoms. The molecule has 2 fully saturated rings. The van der Waals surface area contributed by atoms with Crippen LogP contribution in [0.5, 0.6) is 0 Å². The summed E-state index contributed by atoms with van der Waals surface area (Å²) in [5.74, 6) is 0.0888. The van der Waals surface area contributed by atoms with Crippen molar-refractivity contribution in [2.45, 2.75) is 18.4 Å². The fourth-order valence-electron chi connectivity index (χ4n) is 3.37. The molecule has 2 heterocycles. The van der Waals surface area contributed by atoms with E-state index in [-0.39, 0.29) is 11.4 Å². The predicted molar refractivity (Wildman–Crippen MR) is 81.0 cm³/mol. The summed E-state index contributed by atoms with van der Waals surface area (Å²) < 4.78 is 0. The summed E-state index contributed by atoms with van der Waals surface area (Å²) in [5, 5.41) is 11.6. The van der Waals surface area contributed by atoms with Crippen molar-refractivity contribution in [1.29, 1.82) is 5.26 Å². The summed E-state index contributed by atoms with van der Waals surface area (Å²) in [6.45, 7) is 3.48. The SMILES string of the molecule is CNC(=O)CN1CCC12CCN(c1ccc(C#N)cc1)C2. The highest BCUT2D eigenvalue weighted by Crippen LogP contribution is 2.40. The van der Waals surface area contributed by atoms with Crippen LogP contribution in [0.2, 0.25) is 0 Å². The lowest BCUT2D eigenvalue weighted by Crippen LogP contribution is -2.63. The molecule has 0 aromatic heterocycles. The van der Waals surface area contributed by atoms with Gasteiger partial charge in [-0.05, 0) is 37.1 Å². The molecule has 0 bridgehead atoms. The number of nitriles is 1. The van der Waals surface area contributed by atoms with E-state index >= 15 is 0 Å². The summed E-state index contributed by atoms with van der Waals surface area (Å²) in [7, 11) is 1.69. The Kier molecular flexibility index (Phi) is 3.56. The van der Waals surface area contributed by atoms with Crippen molar-refractivity contribution in [3.05, 3.63) is 29.8 Å². The molecule has 1 atom stereocenters. The largest absolute Gasteiger partial charge is 0.370 e. The lowest BCUT2D eigenvalue weighted by Gasteiger charge is -2.50. The van der Waals surface area contributed by atoms with Gasteiger partial charge in [-0.15, -0.1) is 0 Å². The highest BCUT2D eigenvalue weighted by atomic mass is 16.1. The van der Waals surface area contributed by atoms with Gasteiger partial charge in [-0.25, -0.2) is 0 Å². The summed E-state index contributed by atoms with van der Waals surface area (Å²) in [5.41, 5.74) is 2.02. The minimum absolute atomic E-state index is 0.0888. The van der Waals surface area contributed by atoms with Gasteiger partial charge in [-0.3, -0.25) is 9.69 Å². The van der Waals surface area contributed by atoms with Crippen LogP contribution in [0.3, 0.4) is 0 Å². The maximum absolute atomic E-state index is 11.6. The topological polar surface area (TPSA) is 59.4 Å². The molecule has 2 aliphatic rings. The van der Waals surface area contributed by atoms with Crippen LogP contribution in [0.15, 0.2) is 24.3 Å². The minimum Gasteiger partial charge on any atom is -0.370 e. The molecular weight excluding hydrogens is 264 g/mol. The third kappa shape index (κ3) is 2.47. The summed E-state index contributed by atoms with van der Waals surface area (Å²) in [4.78, 5) is 16.2. The Morgan fingerprint density at radius 2 is 2.05 bits per heavy atom. The minimum atomic E-state index is 0.0888. The van der Waals surface area contributed by atoms with Crippen molar-refractivity contribution in [2.75, 3.05) is 38.1 Å². The van der Waals surface area contributed by atoms with Crippen LogP contribution in [0.25, 0.3) is 0 Å². The van der Waals surface area contributed by atoms with Gasteiger partial charge >= 0.3 is 0 Å². The van der Waals surface area contributed by atoms with E-state index < -0.39 is 0 Å². The summed E-state index contributed by atoms with van der Waals surface area (Å²) >= 11 is 0. The van der Waals surface area contributed by atoms with Gasteiger partial charge in [0.15, 0.2) is 0 Å². The van der Waals surface area contributed by atoms with Gasteiger partial charge in [0.1, 0.15) is 0 Å². The van der Waals surface area contributed by atoms with E-state index in [0.717, 1.165) is 38.2 Å². The second kappa shape index (κ2) is 5.38. The number of likely N-dealkylation sites (tertiary alicyclic amines) is 1. The number of nitrogens with zero attached hydrogens (tertiary/aromatic N) is 3. The number of amides is 1. The molecule has 5 heteroatoms. The number of hydrogen-bond acceptors (Lipinski definition) is 4. The molecule has 5 nitrogen and oxygen atoms in total. The zero-order chi connectivity index (χ0) is 14.9. The summed E-state index contributed by atoms with van der Waals surface area (Å²) in [6, 6.07) is 9.90. The van der Waals surface area contributed by atoms with Crippen LogP contribution in [0.1, 0.15) is 18.4 Å². The van der Waals surface area contributed by atoms with Crippen molar-refractivity contribution < 1.29 is 4.79 Å². The van der Waals surface area contributed by atoms with E-state index in [9.17, 15) is 4.79 Å². The van der Waals surface area contributed by atoms with Crippen molar-refractivity contribution >= 4 is 11.6 Å². The van der Waals surface area contributed by atoms with E-state index in [1.165, 1.54) is 0 Å². The van der Waals surface area contributed by atoms with Gasteiger partial charge in [-0.2, -0.15) is 5.26 Å². The Balaban J connectivity index is 1.67. The zero-order valence-corrected chi connectivity index (χ0v) is 12.3. The zero-order valence-electron chi connectivity index (χ0n) is 12.3.